The third-order valence-electron chi connectivity index (χ3n) is 6.94. The van der Waals surface area contributed by atoms with Crippen molar-refractivity contribution < 1.29 is 14.3 Å². The van der Waals surface area contributed by atoms with Gasteiger partial charge in [-0.1, -0.05) is 12.1 Å². The van der Waals surface area contributed by atoms with Crippen LogP contribution in [-0.2, 0) is 13.0 Å². The van der Waals surface area contributed by atoms with Crippen molar-refractivity contribution in [1.82, 2.24) is 19.8 Å². The molecule has 0 spiro atoms. The molecule has 0 fully saturated rings. The molecule has 0 bridgehead atoms. The van der Waals surface area contributed by atoms with Crippen LogP contribution in [0.1, 0.15) is 72.2 Å². The summed E-state index contributed by atoms with van der Waals surface area (Å²) < 4.78 is 11.8. The van der Waals surface area contributed by atoms with E-state index in [4.69, 9.17) is 9.47 Å². The maximum absolute atomic E-state index is 12.9. The third-order valence-corrected chi connectivity index (χ3v) is 6.94. The zero-order valence-corrected chi connectivity index (χ0v) is 22.3. The number of aryl methyl sites for hydroxylation is 1. The first-order valence-corrected chi connectivity index (χ1v) is 12.9. The number of carbonyl (C=O) groups is 1. The van der Waals surface area contributed by atoms with Crippen LogP contribution in [0.2, 0.25) is 0 Å². The molecule has 7 nitrogen and oxygen atoms in total. The van der Waals surface area contributed by atoms with Gasteiger partial charge in [0.1, 0.15) is 0 Å². The van der Waals surface area contributed by atoms with E-state index in [1.807, 2.05) is 51.7 Å². The van der Waals surface area contributed by atoms with Crippen LogP contribution in [0.15, 0.2) is 42.7 Å². The van der Waals surface area contributed by atoms with Crippen molar-refractivity contribution in [1.29, 1.82) is 0 Å². The standard InChI is InChI=1S/C29H38N4O3/c1-7-32(8-2)29(34)22-11-9-21(10-12-22)28-24-16-27(36-19(3)4)26(35-6)15-23(24)13-14-33(28)17-25-20(5)30-18-31-25/h9-12,15-16,18-19,28H,7-8,13-14,17H2,1-6H3,(H,30,31). The Kier molecular flexibility index (Phi) is 7.99. The quantitative estimate of drug-likeness (QED) is 0.450. The molecule has 1 unspecified atom stereocenters. The van der Waals surface area contributed by atoms with Gasteiger partial charge in [0.25, 0.3) is 5.91 Å². The first-order chi connectivity index (χ1) is 17.4. The minimum atomic E-state index is 0.00877. The van der Waals surface area contributed by atoms with Gasteiger partial charge < -0.3 is 19.4 Å². The second-order valence-electron chi connectivity index (χ2n) is 9.56. The van der Waals surface area contributed by atoms with Crippen LogP contribution >= 0.6 is 0 Å². The van der Waals surface area contributed by atoms with Gasteiger partial charge in [-0.15, -0.1) is 0 Å². The molecule has 1 aliphatic rings. The molecule has 4 rings (SSSR count). The summed E-state index contributed by atoms with van der Waals surface area (Å²) in [6, 6.07) is 12.4. The molecule has 0 saturated heterocycles. The van der Waals surface area contributed by atoms with Crippen molar-refractivity contribution in [3.63, 3.8) is 0 Å². The van der Waals surface area contributed by atoms with E-state index in [0.29, 0.717) is 18.7 Å². The number of aromatic nitrogens is 2. The van der Waals surface area contributed by atoms with E-state index in [9.17, 15) is 4.79 Å². The van der Waals surface area contributed by atoms with Crippen LogP contribution in [0.3, 0.4) is 0 Å². The number of amides is 1. The minimum Gasteiger partial charge on any atom is -0.493 e. The monoisotopic (exact) mass is 490 g/mol. The van der Waals surface area contributed by atoms with Crippen LogP contribution in [0, 0.1) is 6.92 Å². The van der Waals surface area contributed by atoms with Crippen LogP contribution < -0.4 is 9.47 Å². The molecule has 2 heterocycles. The number of hydrogen-bond acceptors (Lipinski definition) is 5. The van der Waals surface area contributed by atoms with Gasteiger partial charge in [0, 0.05) is 31.7 Å². The topological polar surface area (TPSA) is 70.7 Å². The molecule has 0 aliphatic carbocycles. The molecule has 1 aliphatic heterocycles. The van der Waals surface area contributed by atoms with Crippen LogP contribution in [0.4, 0.5) is 0 Å². The minimum absolute atomic E-state index is 0.00877. The summed E-state index contributed by atoms with van der Waals surface area (Å²) in [5.74, 6) is 1.58. The number of methoxy groups -OCH3 is 1. The molecule has 36 heavy (non-hydrogen) atoms. The average Bonchev–Trinajstić information content (AvgIpc) is 3.28. The Morgan fingerprint density at radius 3 is 2.47 bits per heavy atom. The lowest BCUT2D eigenvalue weighted by molar-refractivity contribution is 0.0773. The number of nitrogens with zero attached hydrogens (tertiary/aromatic N) is 3. The number of H-pyrrole nitrogens is 1. The Morgan fingerprint density at radius 2 is 1.89 bits per heavy atom. The van der Waals surface area contributed by atoms with Gasteiger partial charge in [0.05, 0.1) is 37.0 Å². The molecular formula is C29H38N4O3. The van der Waals surface area contributed by atoms with E-state index in [2.05, 4.69) is 39.1 Å². The second kappa shape index (κ2) is 11.2. The fraction of sp³-hybridized carbons (Fsp3) is 0.448. The van der Waals surface area contributed by atoms with Crippen molar-refractivity contribution in [2.45, 2.75) is 59.7 Å². The van der Waals surface area contributed by atoms with Gasteiger partial charge in [-0.05, 0) is 82.0 Å². The average molecular weight is 491 g/mol. The third kappa shape index (κ3) is 5.26. The number of nitrogens with one attached hydrogen (secondary N) is 1. The number of hydrogen-bond donors (Lipinski definition) is 1. The Morgan fingerprint density at radius 1 is 1.17 bits per heavy atom. The smallest absolute Gasteiger partial charge is 0.253 e. The van der Waals surface area contributed by atoms with E-state index in [-0.39, 0.29) is 18.1 Å². The largest absolute Gasteiger partial charge is 0.493 e. The van der Waals surface area contributed by atoms with Crippen molar-refractivity contribution >= 4 is 5.91 Å². The van der Waals surface area contributed by atoms with E-state index in [1.54, 1.807) is 13.4 Å². The highest BCUT2D eigenvalue weighted by Crippen LogP contribution is 2.42. The molecule has 1 N–H and O–H groups in total. The maximum Gasteiger partial charge on any atom is 0.253 e. The molecule has 1 aromatic heterocycles. The summed E-state index contributed by atoms with van der Waals surface area (Å²) in [6.07, 6.45) is 2.70. The Balaban J connectivity index is 1.77. The molecule has 3 aromatic rings. The van der Waals surface area contributed by atoms with Crippen LogP contribution in [0.5, 0.6) is 11.5 Å². The van der Waals surface area contributed by atoms with Crippen molar-refractivity contribution in [3.05, 3.63) is 76.4 Å². The van der Waals surface area contributed by atoms with E-state index >= 15 is 0 Å². The summed E-state index contributed by atoms with van der Waals surface area (Å²) >= 11 is 0. The zero-order chi connectivity index (χ0) is 25.8. The lowest BCUT2D eigenvalue weighted by Crippen LogP contribution is -2.36. The summed E-state index contributed by atoms with van der Waals surface area (Å²) in [7, 11) is 1.69. The van der Waals surface area contributed by atoms with Gasteiger partial charge in [0.2, 0.25) is 0 Å². The van der Waals surface area contributed by atoms with E-state index in [1.165, 1.54) is 11.1 Å². The van der Waals surface area contributed by atoms with Gasteiger partial charge >= 0.3 is 0 Å². The van der Waals surface area contributed by atoms with Gasteiger partial charge in [-0.2, -0.15) is 0 Å². The number of ether oxygens (including phenoxy) is 2. The number of rotatable bonds is 9. The van der Waals surface area contributed by atoms with Crippen molar-refractivity contribution in [2.75, 3.05) is 26.7 Å². The maximum atomic E-state index is 12.9. The molecule has 1 amide bonds. The van der Waals surface area contributed by atoms with Crippen LogP contribution in [-0.4, -0.2) is 58.5 Å². The highest BCUT2D eigenvalue weighted by Gasteiger charge is 2.31. The van der Waals surface area contributed by atoms with Crippen LogP contribution in [0.25, 0.3) is 0 Å². The van der Waals surface area contributed by atoms with Gasteiger partial charge in [0.15, 0.2) is 11.5 Å². The molecule has 2 aromatic carbocycles. The fourth-order valence-corrected chi connectivity index (χ4v) is 5.00. The lowest BCUT2D eigenvalue weighted by Gasteiger charge is -2.38. The molecule has 0 saturated carbocycles. The number of fused-ring (bicyclic) bond motifs is 1. The highest BCUT2D eigenvalue weighted by molar-refractivity contribution is 5.94. The summed E-state index contributed by atoms with van der Waals surface area (Å²) in [6.45, 7) is 13.1. The number of benzene rings is 2. The van der Waals surface area contributed by atoms with Gasteiger partial charge in [-0.25, -0.2) is 4.98 Å². The summed E-state index contributed by atoms with van der Waals surface area (Å²) in [5.41, 5.74) is 6.45. The zero-order valence-electron chi connectivity index (χ0n) is 22.3. The number of carbonyl (C=O) groups excluding carboxylic acids is 1. The molecule has 7 heteroatoms. The highest BCUT2D eigenvalue weighted by atomic mass is 16.5. The Labute approximate surface area is 214 Å². The predicted octanol–water partition coefficient (Wildman–Crippen LogP) is 5.14. The summed E-state index contributed by atoms with van der Waals surface area (Å²) in [5, 5.41) is 0. The molecule has 192 valence electrons. The molecule has 0 radical (unpaired) electrons. The number of imidazole rings is 1. The first kappa shape index (κ1) is 25.8. The number of aromatic amines is 1. The Hall–Kier alpha value is -3.32. The van der Waals surface area contributed by atoms with Crippen molar-refractivity contribution in [3.8, 4) is 11.5 Å². The Bertz CT molecular complexity index is 1180. The first-order valence-electron chi connectivity index (χ1n) is 12.9. The summed E-state index contributed by atoms with van der Waals surface area (Å²) in [4.78, 5) is 24.9. The van der Waals surface area contributed by atoms with E-state index < -0.39 is 0 Å². The fourth-order valence-electron chi connectivity index (χ4n) is 5.00. The van der Waals surface area contributed by atoms with Gasteiger partial charge in [-0.3, -0.25) is 9.69 Å². The predicted molar refractivity (Wildman–Crippen MR) is 142 cm³/mol. The second-order valence-corrected chi connectivity index (χ2v) is 9.56. The molecular weight excluding hydrogens is 452 g/mol. The molecule has 1 atom stereocenters. The SMILES string of the molecule is CCN(CC)C(=O)c1ccc(C2c3cc(OC(C)C)c(OC)cc3CCN2Cc2[nH]cnc2C)cc1. The van der Waals surface area contributed by atoms with E-state index in [0.717, 1.165) is 48.0 Å². The van der Waals surface area contributed by atoms with Crippen molar-refractivity contribution in [2.24, 2.45) is 0 Å². The normalized spacial score (nSPS) is 15.6. The lowest BCUT2D eigenvalue weighted by atomic mass is 9.87.